The molecule has 0 aliphatic heterocycles. The highest BCUT2D eigenvalue weighted by Crippen LogP contribution is 2.29. The Morgan fingerprint density at radius 3 is 2.41 bits per heavy atom. The molecule has 2 N–H and O–H groups in total. The number of nitrogens with one attached hydrogen (secondary N) is 1. The number of aliphatic hydroxyl groups excluding tert-OH is 1. The minimum Gasteiger partial charge on any atom is -0.396 e. The highest BCUT2D eigenvalue weighted by Gasteiger charge is 2.24. The van der Waals surface area contributed by atoms with E-state index < -0.39 is 10.8 Å². The van der Waals surface area contributed by atoms with Crippen LogP contribution in [0, 0.1) is 5.92 Å². The van der Waals surface area contributed by atoms with Crippen molar-refractivity contribution in [3.8, 4) is 0 Å². The molecule has 0 bridgehead atoms. The Kier molecular flexibility index (Phi) is 7.06. The van der Waals surface area contributed by atoms with Gasteiger partial charge in [0.05, 0.1) is 0 Å². The maximum absolute atomic E-state index is 11.5. The van der Waals surface area contributed by atoms with E-state index in [0.29, 0.717) is 12.0 Å². The highest BCUT2D eigenvalue weighted by atomic mass is 32.2. The molecule has 0 aromatic heterocycles. The first-order valence-electron chi connectivity index (χ1n) is 8.42. The predicted octanol–water partition coefficient (Wildman–Crippen LogP) is 3.41. The molecule has 1 saturated carbocycles. The maximum Gasteiger partial charge on any atom is 0.0498 e. The van der Waals surface area contributed by atoms with Gasteiger partial charge in [0.1, 0.15) is 0 Å². The standard InChI is InChI=1S/C18H29NO2S/c1-14(15-8-10-17(11-9-15)22(2)21)19-18(12-13-20)16-6-4-3-5-7-16/h8-11,14,16,18-20H,3-7,12-13H2,1-2H3. The fraction of sp³-hybridized carbons (Fsp3) is 0.667. The molecule has 4 heteroatoms. The molecule has 2 rings (SSSR count). The predicted molar refractivity (Wildman–Crippen MR) is 92.4 cm³/mol. The van der Waals surface area contributed by atoms with Crippen LogP contribution in [0.2, 0.25) is 0 Å². The van der Waals surface area contributed by atoms with Crippen LogP contribution in [0.5, 0.6) is 0 Å². The molecule has 0 heterocycles. The Morgan fingerprint density at radius 2 is 1.86 bits per heavy atom. The second-order valence-corrected chi connectivity index (χ2v) is 7.81. The number of benzene rings is 1. The van der Waals surface area contributed by atoms with Crippen LogP contribution in [0.3, 0.4) is 0 Å². The van der Waals surface area contributed by atoms with Gasteiger partial charge in [0.25, 0.3) is 0 Å². The Labute approximate surface area is 137 Å². The van der Waals surface area contributed by atoms with Crippen molar-refractivity contribution >= 4 is 10.8 Å². The van der Waals surface area contributed by atoms with E-state index in [9.17, 15) is 9.32 Å². The lowest BCUT2D eigenvalue weighted by atomic mass is 9.82. The quantitative estimate of drug-likeness (QED) is 0.808. The Hall–Kier alpha value is -0.710. The molecule has 124 valence electrons. The third-order valence-corrected chi connectivity index (χ3v) is 5.77. The molecular formula is C18H29NO2S. The second-order valence-electron chi connectivity index (χ2n) is 6.43. The van der Waals surface area contributed by atoms with Crippen molar-refractivity contribution in [3.05, 3.63) is 29.8 Å². The zero-order valence-corrected chi connectivity index (χ0v) is 14.6. The van der Waals surface area contributed by atoms with Crippen LogP contribution in [0.1, 0.15) is 57.1 Å². The van der Waals surface area contributed by atoms with Crippen LogP contribution >= 0.6 is 0 Å². The molecule has 1 aliphatic rings. The normalized spacial score (nSPS) is 20.5. The van der Waals surface area contributed by atoms with Crippen LogP contribution < -0.4 is 5.32 Å². The van der Waals surface area contributed by atoms with Gasteiger partial charge in [-0.3, -0.25) is 4.21 Å². The number of rotatable bonds is 7. The van der Waals surface area contributed by atoms with Gasteiger partial charge in [-0.05, 0) is 49.8 Å². The van der Waals surface area contributed by atoms with Crippen molar-refractivity contribution < 1.29 is 9.32 Å². The smallest absolute Gasteiger partial charge is 0.0498 e. The zero-order valence-electron chi connectivity index (χ0n) is 13.8. The number of hydrogen-bond donors (Lipinski definition) is 2. The van der Waals surface area contributed by atoms with Gasteiger partial charge in [-0.15, -0.1) is 0 Å². The van der Waals surface area contributed by atoms with E-state index in [1.165, 1.54) is 37.7 Å². The van der Waals surface area contributed by atoms with Crippen LogP contribution in [-0.4, -0.2) is 28.2 Å². The highest BCUT2D eigenvalue weighted by molar-refractivity contribution is 7.84. The molecule has 0 spiro atoms. The molecule has 0 saturated heterocycles. The average molecular weight is 324 g/mol. The molecule has 1 aliphatic carbocycles. The topological polar surface area (TPSA) is 49.3 Å². The van der Waals surface area contributed by atoms with E-state index in [2.05, 4.69) is 24.4 Å². The Morgan fingerprint density at radius 1 is 1.23 bits per heavy atom. The summed E-state index contributed by atoms with van der Waals surface area (Å²) in [4.78, 5) is 0.870. The van der Waals surface area contributed by atoms with Crippen LogP contribution in [0.25, 0.3) is 0 Å². The van der Waals surface area contributed by atoms with E-state index in [1.807, 2.05) is 12.1 Å². The molecule has 1 fully saturated rings. The summed E-state index contributed by atoms with van der Waals surface area (Å²) >= 11 is 0. The van der Waals surface area contributed by atoms with Gasteiger partial charge in [-0.2, -0.15) is 0 Å². The van der Waals surface area contributed by atoms with Crippen molar-refractivity contribution in [3.63, 3.8) is 0 Å². The van der Waals surface area contributed by atoms with Crippen molar-refractivity contribution in [2.45, 2.75) is 62.4 Å². The largest absolute Gasteiger partial charge is 0.396 e. The number of hydrogen-bond acceptors (Lipinski definition) is 3. The van der Waals surface area contributed by atoms with E-state index in [1.54, 1.807) is 6.26 Å². The minimum atomic E-state index is -0.922. The molecule has 3 atom stereocenters. The molecule has 1 aromatic rings. The summed E-state index contributed by atoms with van der Waals surface area (Å²) in [5, 5.41) is 13.1. The fourth-order valence-corrected chi connectivity index (χ4v) is 4.02. The van der Waals surface area contributed by atoms with Crippen LogP contribution in [-0.2, 0) is 10.8 Å². The summed E-state index contributed by atoms with van der Waals surface area (Å²) in [6.45, 7) is 2.42. The monoisotopic (exact) mass is 323 g/mol. The van der Waals surface area contributed by atoms with Crippen LogP contribution in [0.15, 0.2) is 29.2 Å². The van der Waals surface area contributed by atoms with Crippen molar-refractivity contribution in [2.24, 2.45) is 5.92 Å². The van der Waals surface area contributed by atoms with Gasteiger partial charge in [-0.25, -0.2) is 0 Å². The summed E-state index contributed by atoms with van der Waals surface area (Å²) in [7, 11) is -0.922. The lowest BCUT2D eigenvalue weighted by Gasteiger charge is -2.33. The molecule has 3 unspecified atom stereocenters. The first-order valence-corrected chi connectivity index (χ1v) is 9.98. The molecule has 0 amide bonds. The minimum absolute atomic E-state index is 0.245. The lowest BCUT2D eigenvalue weighted by molar-refractivity contribution is 0.198. The number of aliphatic hydroxyl groups is 1. The lowest BCUT2D eigenvalue weighted by Crippen LogP contribution is -2.39. The molecule has 22 heavy (non-hydrogen) atoms. The van der Waals surface area contributed by atoms with Crippen molar-refractivity contribution in [1.29, 1.82) is 0 Å². The SMILES string of the molecule is CC(NC(CCO)C1CCCCC1)c1ccc(S(C)=O)cc1. The molecule has 3 nitrogen and oxygen atoms in total. The fourth-order valence-electron chi connectivity index (χ4n) is 3.50. The first kappa shape index (κ1) is 17.6. The maximum atomic E-state index is 11.5. The summed E-state index contributed by atoms with van der Waals surface area (Å²) in [6, 6.07) is 8.66. The van der Waals surface area contributed by atoms with Gasteiger partial charge in [0, 0.05) is 40.6 Å². The molecule has 0 radical (unpaired) electrons. The second kappa shape index (κ2) is 8.80. The van der Waals surface area contributed by atoms with Gasteiger partial charge < -0.3 is 10.4 Å². The third kappa shape index (κ3) is 4.90. The summed E-state index contributed by atoms with van der Waals surface area (Å²) in [5.74, 6) is 0.686. The zero-order chi connectivity index (χ0) is 15.9. The van der Waals surface area contributed by atoms with E-state index >= 15 is 0 Å². The first-order chi connectivity index (χ1) is 10.6. The van der Waals surface area contributed by atoms with E-state index in [4.69, 9.17) is 0 Å². The summed E-state index contributed by atoms with van der Waals surface area (Å²) < 4.78 is 11.5. The third-order valence-electron chi connectivity index (χ3n) is 4.84. The molecular weight excluding hydrogens is 294 g/mol. The van der Waals surface area contributed by atoms with E-state index in [0.717, 1.165) is 11.3 Å². The Bertz CT molecular complexity index is 468. The van der Waals surface area contributed by atoms with Gasteiger partial charge in [0.2, 0.25) is 0 Å². The molecule has 1 aromatic carbocycles. The van der Waals surface area contributed by atoms with Gasteiger partial charge in [-0.1, -0.05) is 31.4 Å². The van der Waals surface area contributed by atoms with Gasteiger partial charge >= 0.3 is 0 Å². The average Bonchev–Trinajstić information content (AvgIpc) is 2.55. The van der Waals surface area contributed by atoms with E-state index in [-0.39, 0.29) is 12.6 Å². The van der Waals surface area contributed by atoms with Crippen molar-refractivity contribution in [2.75, 3.05) is 12.9 Å². The summed E-state index contributed by atoms with van der Waals surface area (Å²) in [6.07, 6.45) is 9.08. The van der Waals surface area contributed by atoms with Crippen LogP contribution in [0.4, 0.5) is 0 Å². The Balaban J connectivity index is 2.00. The summed E-state index contributed by atoms with van der Waals surface area (Å²) in [5.41, 5.74) is 1.22. The van der Waals surface area contributed by atoms with Gasteiger partial charge in [0.15, 0.2) is 0 Å². The van der Waals surface area contributed by atoms with Crippen molar-refractivity contribution in [1.82, 2.24) is 5.32 Å².